The normalized spacial score (nSPS) is 15.6. The summed E-state index contributed by atoms with van der Waals surface area (Å²) in [5.74, 6) is 0.334. The molecule has 26 heavy (non-hydrogen) atoms. The third-order valence-corrected chi connectivity index (χ3v) is 4.93. The Hall–Kier alpha value is -2.83. The smallest absolute Gasteiger partial charge is 0.274 e. The lowest BCUT2D eigenvalue weighted by Crippen LogP contribution is -2.38. The maximum Gasteiger partial charge on any atom is 0.274 e. The molecule has 4 heterocycles. The number of hydrogen-bond acceptors (Lipinski definition) is 5. The average Bonchev–Trinajstić information content (AvgIpc) is 3.05. The quantitative estimate of drug-likeness (QED) is 0.710. The molecule has 7 heteroatoms. The minimum absolute atomic E-state index is 0.0265. The molecule has 3 aromatic heterocycles. The topological polar surface area (TPSA) is 76.3 Å². The van der Waals surface area contributed by atoms with E-state index < -0.39 is 0 Å². The molecule has 7 nitrogen and oxygen atoms in total. The number of aromatic nitrogens is 5. The van der Waals surface area contributed by atoms with Crippen molar-refractivity contribution in [3.05, 3.63) is 53.0 Å². The Bertz CT molecular complexity index is 971. The monoisotopic (exact) mass is 350 g/mol. The fraction of sp³-hybridized carbons (Fsp3) is 0.421. The summed E-state index contributed by atoms with van der Waals surface area (Å²) in [5, 5.41) is 4.46. The van der Waals surface area contributed by atoms with Crippen molar-refractivity contribution in [2.24, 2.45) is 0 Å². The second-order valence-corrected chi connectivity index (χ2v) is 6.99. The molecule has 0 bridgehead atoms. The van der Waals surface area contributed by atoms with Gasteiger partial charge >= 0.3 is 0 Å². The number of carbonyl (C=O) groups excluding carboxylic acids is 1. The summed E-state index contributed by atoms with van der Waals surface area (Å²) in [6.45, 7) is 7.28. The van der Waals surface area contributed by atoms with Crippen molar-refractivity contribution >= 4 is 11.6 Å². The Morgan fingerprint density at radius 1 is 1.04 bits per heavy atom. The number of aryl methyl sites for hydroxylation is 3. The molecule has 0 atom stereocenters. The van der Waals surface area contributed by atoms with E-state index in [2.05, 4.69) is 20.1 Å². The largest absolute Gasteiger partial charge is 0.337 e. The van der Waals surface area contributed by atoms with Gasteiger partial charge in [-0.15, -0.1) is 0 Å². The van der Waals surface area contributed by atoms with E-state index in [4.69, 9.17) is 0 Å². The first-order valence-corrected chi connectivity index (χ1v) is 8.93. The third-order valence-electron chi connectivity index (χ3n) is 4.93. The molecule has 0 radical (unpaired) electrons. The number of carbonyl (C=O) groups is 1. The number of amides is 1. The molecule has 1 amide bonds. The van der Waals surface area contributed by atoms with Gasteiger partial charge < -0.3 is 4.90 Å². The van der Waals surface area contributed by atoms with Crippen LogP contribution in [0.25, 0.3) is 5.65 Å². The minimum Gasteiger partial charge on any atom is -0.337 e. The van der Waals surface area contributed by atoms with Gasteiger partial charge in [-0.1, -0.05) is 0 Å². The van der Waals surface area contributed by atoms with Crippen LogP contribution in [0, 0.1) is 20.8 Å². The van der Waals surface area contributed by atoms with Gasteiger partial charge in [-0.05, 0) is 39.7 Å². The van der Waals surface area contributed by atoms with E-state index in [1.54, 1.807) is 16.8 Å². The van der Waals surface area contributed by atoms with Gasteiger partial charge in [0.15, 0.2) is 11.3 Å². The van der Waals surface area contributed by atoms with Crippen LogP contribution in [0.15, 0.2) is 24.5 Å². The minimum atomic E-state index is -0.0265. The lowest BCUT2D eigenvalue weighted by atomic mass is 9.93. The van der Waals surface area contributed by atoms with E-state index in [-0.39, 0.29) is 5.91 Å². The lowest BCUT2D eigenvalue weighted by Gasteiger charge is -2.31. The van der Waals surface area contributed by atoms with Gasteiger partial charge in [0, 0.05) is 48.9 Å². The Labute approximate surface area is 152 Å². The first-order valence-electron chi connectivity index (χ1n) is 8.93. The maximum atomic E-state index is 12.9. The molecule has 0 aliphatic carbocycles. The molecule has 0 unspecified atom stereocenters. The molecule has 1 saturated heterocycles. The fourth-order valence-electron chi connectivity index (χ4n) is 3.61. The highest BCUT2D eigenvalue weighted by Gasteiger charge is 2.27. The highest BCUT2D eigenvalue weighted by atomic mass is 16.2. The molecule has 1 fully saturated rings. The Morgan fingerprint density at radius 2 is 1.81 bits per heavy atom. The van der Waals surface area contributed by atoms with E-state index in [0.717, 1.165) is 41.3 Å². The van der Waals surface area contributed by atoms with Crippen molar-refractivity contribution in [1.29, 1.82) is 0 Å². The first kappa shape index (κ1) is 16.6. The summed E-state index contributed by atoms with van der Waals surface area (Å²) in [5.41, 5.74) is 5.04. The summed E-state index contributed by atoms with van der Waals surface area (Å²) in [4.78, 5) is 28.0. The van der Waals surface area contributed by atoms with Crippen molar-refractivity contribution in [3.8, 4) is 0 Å². The average molecular weight is 350 g/mol. The van der Waals surface area contributed by atoms with Crippen molar-refractivity contribution in [2.45, 2.75) is 39.5 Å². The van der Waals surface area contributed by atoms with Crippen LogP contribution in [0.3, 0.4) is 0 Å². The van der Waals surface area contributed by atoms with Crippen molar-refractivity contribution in [1.82, 2.24) is 29.5 Å². The van der Waals surface area contributed by atoms with Gasteiger partial charge in [-0.2, -0.15) is 5.10 Å². The first-order chi connectivity index (χ1) is 12.5. The Morgan fingerprint density at radius 3 is 2.54 bits per heavy atom. The van der Waals surface area contributed by atoms with Gasteiger partial charge in [0.1, 0.15) is 0 Å². The standard InChI is InChI=1S/C19H22N6O/c1-12-8-14(3)25-18(22-12)9-16(23-25)19(26)24-6-4-15(5-7-24)17-11-20-10-13(2)21-17/h8-11,15H,4-7H2,1-3H3. The summed E-state index contributed by atoms with van der Waals surface area (Å²) in [6.07, 6.45) is 5.40. The van der Waals surface area contributed by atoms with Crippen LogP contribution in [0.5, 0.6) is 0 Å². The summed E-state index contributed by atoms with van der Waals surface area (Å²) in [6, 6.07) is 3.74. The van der Waals surface area contributed by atoms with Gasteiger partial charge in [-0.25, -0.2) is 9.50 Å². The van der Waals surface area contributed by atoms with Gasteiger partial charge in [0.25, 0.3) is 5.91 Å². The highest BCUT2D eigenvalue weighted by Crippen LogP contribution is 2.27. The molecule has 0 N–H and O–H groups in total. The molecule has 0 saturated carbocycles. The summed E-state index contributed by atoms with van der Waals surface area (Å²) in [7, 11) is 0. The third kappa shape index (κ3) is 3.05. The number of nitrogens with zero attached hydrogens (tertiary/aromatic N) is 6. The van der Waals surface area contributed by atoms with Crippen LogP contribution in [0.1, 0.15) is 52.0 Å². The van der Waals surface area contributed by atoms with Gasteiger partial charge in [0.05, 0.1) is 11.4 Å². The van der Waals surface area contributed by atoms with Crippen LogP contribution >= 0.6 is 0 Å². The van der Waals surface area contributed by atoms with Crippen molar-refractivity contribution in [2.75, 3.05) is 13.1 Å². The molecule has 3 aromatic rings. The zero-order valence-electron chi connectivity index (χ0n) is 15.3. The molecule has 1 aliphatic heterocycles. The predicted octanol–water partition coefficient (Wildman–Crippen LogP) is 2.46. The number of piperidine rings is 1. The second-order valence-electron chi connectivity index (χ2n) is 6.99. The van der Waals surface area contributed by atoms with E-state index in [0.29, 0.717) is 24.7 Å². The van der Waals surface area contributed by atoms with Crippen LogP contribution in [0.2, 0.25) is 0 Å². The number of likely N-dealkylation sites (tertiary alicyclic amines) is 1. The number of rotatable bonds is 2. The van der Waals surface area contributed by atoms with E-state index >= 15 is 0 Å². The van der Waals surface area contributed by atoms with E-state index in [1.807, 2.05) is 37.9 Å². The number of fused-ring (bicyclic) bond motifs is 1. The summed E-state index contributed by atoms with van der Waals surface area (Å²) >= 11 is 0. The van der Waals surface area contributed by atoms with Crippen LogP contribution in [-0.4, -0.2) is 48.5 Å². The van der Waals surface area contributed by atoms with Gasteiger partial charge in [-0.3, -0.25) is 14.8 Å². The molecular weight excluding hydrogens is 328 g/mol. The zero-order valence-corrected chi connectivity index (χ0v) is 15.3. The van der Waals surface area contributed by atoms with Gasteiger partial charge in [0.2, 0.25) is 0 Å². The van der Waals surface area contributed by atoms with E-state index in [1.165, 1.54) is 0 Å². The van der Waals surface area contributed by atoms with Crippen LogP contribution < -0.4 is 0 Å². The summed E-state index contributed by atoms with van der Waals surface area (Å²) < 4.78 is 1.73. The molecule has 134 valence electrons. The molecule has 1 aliphatic rings. The highest BCUT2D eigenvalue weighted by molar-refractivity contribution is 5.93. The molecule has 0 spiro atoms. The van der Waals surface area contributed by atoms with Crippen LogP contribution in [-0.2, 0) is 0 Å². The van der Waals surface area contributed by atoms with Crippen molar-refractivity contribution in [3.63, 3.8) is 0 Å². The fourth-order valence-corrected chi connectivity index (χ4v) is 3.61. The Balaban J connectivity index is 1.49. The molecule has 0 aromatic carbocycles. The SMILES string of the molecule is Cc1cncc(C2CCN(C(=O)c3cc4nc(C)cc(C)n4n3)CC2)n1. The van der Waals surface area contributed by atoms with E-state index in [9.17, 15) is 4.79 Å². The van der Waals surface area contributed by atoms with Crippen LogP contribution in [0.4, 0.5) is 0 Å². The maximum absolute atomic E-state index is 12.9. The Kier molecular flexibility index (Phi) is 4.14. The lowest BCUT2D eigenvalue weighted by molar-refractivity contribution is 0.0705. The number of hydrogen-bond donors (Lipinski definition) is 0. The predicted molar refractivity (Wildman–Crippen MR) is 97.1 cm³/mol. The molecular formula is C19H22N6O. The second kappa shape index (κ2) is 6.48. The zero-order chi connectivity index (χ0) is 18.3. The van der Waals surface area contributed by atoms with Crippen molar-refractivity contribution < 1.29 is 4.79 Å². The molecule has 4 rings (SSSR count).